The van der Waals surface area contributed by atoms with Crippen molar-refractivity contribution in [2.75, 3.05) is 21.7 Å². The third kappa shape index (κ3) is 4.02. The van der Waals surface area contributed by atoms with Crippen molar-refractivity contribution in [3.05, 3.63) is 59.7 Å². The summed E-state index contributed by atoms with van der Waals surface area (Å²) in [6.07, 6.45) is 0.456. The van der Waals surface area contributed by atoms with E-state index in [1.165, 1.54) is 0 Å². The van der Waals surface area contributed by atoms with E-state index >= 15 is 0 Å². The molecular formula is C19H22N2O3S. The van der Waals surface area contributed by atoms with E-state index in [1.54, 1.807) is 4.90 Å². The molecule has 2 aromatic carbocycles. The van der Waals surface area contributed by atoms with E-state index in [1.807, 2.05) is 62.4 Å². The summed E-state index contributed by atoms with van der Waals surface area (Å²) in [6.45, 7) is 3.99. The number of nitrogens with one attached hydrogen (secondary N) is 1. The van der Waals surface area contributed by atoms with Crippen molar-refractivity contribution in [1.82, 2.24) is 0 Å². The van der Waals surface area contributed by atoms with Crippen molar-refractivity contribution in [2.24, 2.45) is 0 Å². The molecule has 1 aliphatic heterocycles. The molecule has 5 nitrogen and oxygen atoms in total. The lowest BCUT2D eigenvalue weighted by Gasteiger charge is -2.29. The van der Waals surface area contributed by atoms with Gasteiger partial charge in [0.1, 0.15) is 0 Å². The summed E-state index contributed by atoms with van der Waals surface area (Å²) in [5.74, 6) is 0.125. The van der Waals surface area contributed by atoms with E-state index in [9.17, 15) is 13.2 Å². The van der Waals surface area contributed by atoms with Gasteiger partial charge in [0.25, 0.3) is 0 Å². The molecule has 2 aromatic rings. The van der Waals surface area contributed by atoms with Crippen LogP contribution in [0.5, 0.6) is 0 Å². The van der Waals surface area contributed by atoms with Gasteiger partial charge in [0.2, 0.25) is 0 Å². The molecule has 0 bridgehead atoms. The van der Waals surface area contributed by atoms with Crippen molar-refractivity contribution in [3.8, 4) is 0 Å². The molecule has 2 amide bonds. The lowest BCUT2D eigenvalue weighted by molar-refractivity contribution is 0.255. The second-order valence-corrected chi connectivity index (χ2v) is 8.72. The topological polar surface area (TPSA) is 66.5 Å². The van der Waals surface area contributed by atoms with E-state index in [0.29, 0.717) is 12.1 Å². The number of benzene rings is 2. The Bertz CT molecular complexity index is 879. The molecular weight excluding hydrogens is 336 g/mol. The third-order valence-electron chi connectivity index (χ3n) is 4.59. The molecule has 3 rings (SSSR count). The standard InChI is InChI=1S/C19H22N2O3S/c1-14-8-9-17(12-15(14)2)21(18-10-11-25(23,24)13-18)19(22)20-16-6-4-3-5-7-16/h3-9,12,18H,10-11,13H2,1-2H3,(H,20,22)/t18-/m1/s1. The molecule has 0 saturated carbocycles. The van der Waals surface area contributed by atoms with E-state index in [-0.39, 0.29) is 23.6 Å². The van der Waals surface area contributed by atoms with Crippen LogP contribution in [0.4, 0.5) is 16.2 Å². The number of rotatable bonds is 3. The van der Waals surface area contributed by atoms with Crippen LogP contribution in [0.3, 0.4) is 0 Å². The zero-order valence-corrected chi connectivity index (χ0v) is 15.2. The number of para-hydroxylation sites is 1. The molecule has 0 radical (unpaired) electrons. The van der Waals surface area contributed by atoms with Gasteiger partial charge in [0, 0.05) is 11.4 Å². The summed E-state index contributed by atoms with van der Waals surface area (Å²) < 4.78 is 23.8. The zero-order valence-electron chi connectivity index (χ0n) is 14.4. The van der Waals surface area contributed by atoms with Crippen LogP contribution in [-0.2, 0) is 9.84 Å². The maximum absolute atomic E-state index is 12.9. The summed E-state index contributed by atoms with van der Waals surface area (Å²) in [4.78, 5) is 14.5. The number of nitrogens with zero attached hydrogens (tertiary/aromatic N) is 1. The Kier molecular flexibility index (Phi) is 4.81. The van der Waals surface area contributed by atoms with Gasteiger partial charge >= 0.3 is 6.03 Å². The fourth-order valence-electron chi connectivity index (χ4n) is 3.05. The van der Waals surface area contributed by atoms with E-state index < -0.39 is 9.84 Å². The van der Waals surface area contributed by atoms with E-state index in [2.05, 4.69) is 5.32 Å². The molecule has 0 aliphatic carbocycles. The van der Waals surface area contributed by atoms with Gasteiger partial charge in [-0.2, -0.15) is 0 Å². The highest BCUT2D eigenvalue weighted by atomic mass is 32.2. The predicted octanol–water partition coefficient (Wildman–Crippen LogP) is 3.53. The lowest BCUT2D eigenvalue weighted by Crippen LogP contribution is -2.44. The molecule has 0 spiro atoms. The average Bonchev–Trinajstić information content (AvgIpc) is 2.91. The largest absolute Gasteiger partial charge is 0.326 e. The molecule has 1 heterocycles. The lowest BCUT2D eigenvalue weighted by atomic mass is 10.1. The van der Waals surface area contributed by atoms with Crippen LogP contribution in [0.15, 0.2) is 48.5 Å². The Balaban J connectivity index is 1.93. The summed E-state index contributed by atoms with van der Waals surface area (Å²) in [6, 6.07) is 14.3. The van der Waals surface area contributed by atoms with Crippen molar-refractivity contribution in [3.63, 3.8) is 0 Å². The first-order chi connectivity index (χ1) is 11.9. The Hall–Kier alpha value is -2.34. The number of urea groups is 1. The Labute approximate surface area is 148 Å². The Morgan fingerprint density at radius 3 is 2.40 bits per heavy atom. The maximum Gasteiger partial charge on any atom is 0.326 e. The minimum absolute atomic E-state index is 0.00212. The van der Waals surface area contributed by atoms with Crippen molar-refractivity contribution in [1.29, 1.82) is 0 Å². The minimum Gasteiger partial charge on any atom is -0.308 e. The summed E-state index contributed by atoms with van der Waals surface area (Å²) >= 11 is 0. The van der Waals surface area contributed by atoms with Gasteiger partial charge in [0.15, 0.2) is 9.84 Å². The second-order valence-electron chi connectivity index (χ2n) is 6.49. The number of hydrogen-bond donors (Lipinski definition) is 1. The van der Waals surface area contributed by atoms with Crippen LogP contribution in [0, 0.1) is 13.8 Å². The summed E-state index contributed by atoms with van der Waals surface area (Å²) in [5, 5.41) is 2.87. The molecule has 132 valence electrons. The molecule has 1 saturated heterocycles. The first kappa shape index (κ1) is 17.5. The monoisotopic (exact) mass is 358 g/mol. The Morgan fingerprint density at radius 2 is 1.80 bits per heavy atom. The van der Waals surface area contributed by atoms with E-state index in [0.717, 1.165) is 16.8 Å². The Morgan fingerprint density at radius 1 is 1.08 bits per heavy atom. The van der Waals surface area contributed by atoms with Crippen LogP contribution in [0.2, 0.25) is 0 Å². The minimum atomic E-state index is -3.09. The molecule has 1 atom stereocenters. The van der Waals surface area contributed by atoms with Gasteiger partial charge in [-0.25, -0.2) is 13.2 Å². The van der Waals surface area contributed by atoms with Crippen LogP contribution >= 0.6 is 0 Å². The number of carbonyl (C=O) groups is 1. The first-order valence-electron chi connectivity index (χ1n) is 8.29. The first-order valence-corrected chi connectivity index (χ1v) is 10.1. The highest BCUT2D eigenvalue weighted by Crippen LogP contribution is 2.27. The molecule has 0 unspecified atom stereocenters. The predicted molar refractivity (Wildman–Crippen MR) is 101 cm³/mol. The number of anilines is 2. The molecule has 1 aliphatic rings. The summed E-state index contributed by atoms with van der Waals surface area (Å²) in [7, 11) is -3.09. The molecule has 1 N–H and O–H groups in total. The van der Waals surface area contributed by atoms with Gasteiger partial charge in [-0.15, -0.1) is 0 Å². The van der Waals surface area contributed by atoms with Crippen LogP contribution < -0.4 is 10.2 Å². The van der Waals surface area contributed by atoms with Gasteiger partial charge < -0.3 is 5.32 Å². The van der Waals surface area contributed by atoms with Crippen LogP contribution in [0.1, 0.15) is 17.5 Å². The van der Waals surface area contributed by atoms with Gasteiger partial charge in [-0.1, -0.05) is 24.3 Å². The summed E-state index contributed by atoms with van der Waals surface area (Å²) in [5.41, 5.74) is 3.60. The number of carbonyl (C=O) groups excluding carboxylic acids is 1. The fraction of sp³-hybridized carbons (Fsp3) is 0.316. The van der Waals surface area contributed by atoms with Crippen LogP contribution in [-0.4, -0.2) is 32.0 Å². The number of hydrogen-bond acceptors (Lipinski definition) is 3. The maximum atomic E-state index is 12.9. The van der Waals surface area contributed by atoms with Crippen molar-refractivity contribution in [2.45, 2.75) is 26.3 Å². The quantitative estimate of drug-likeness (QED) is 0.913. The number of aryl methyl sites for hydroxylation is 2. The van der Waals surface area contributed by atoms with Gasteiger partial charge in [0.05, 0.1) is 17.5 Å². The van der Waals surface area contributed by atoms with Gasteiger partial charge in [-0.05, 0) is 55.7 Å². The SMILES string of the molecule is Cc1ccc(N(C(=O)Nc2ccccc2)[C@@H]2CCS(=O)(=O)C2)cc1C. The smallest absolute Gasteiger partial charge is 0.308 e. The number of sulfone groups is 1. The highest BCUT2D eigenvalue weighted by molar-refractivity contribution is 7.91. The highest BCUT2D eigenvalue weighted by Gasteiger charge is 2.35. The molecule has 0 aromatic heterocycles. The normalized spacial score (nSPS) is 18.7. The van der Waals surface area contributed by atoms with Crippen LogP contribution in [0.25, 0.3) is 0 Å². The molecule has 6 heteroatoms. The average molecular weight is 358 g/mol. The van der Waals surface area contributed by atoms with Gasteiger partial charge in [-0.3, -0.25) is 4.90 Å². The van der Waals surface area contributed by atoms with Crippen molar-refractivity contribution < 1.29 is 13.2 Å². The zero-order chi connectivity index (χ0) is 18.0. The second kappa shape index (κ2) is 6.88. The van der Waals surface area contributed by atoms with Crippen molar-refractivity contribution >= 4 is 27.2 Å². The van der Waals surface area contributed by atoms with E-state index in [4.69, 9.17) is 0 Å². The fourth-order valence-corrected chi connectivity index (χ4v) is 4.75. The molecule has 25 heavy (non-hydrogen) atoms. The third-order valence-corrected chi connectivity index (χ3v) is 6.34. The molecule has 1 fully saturated rings. The number of amides is 2.